The Bertz CT molecular complexity index is 1550. The Morgan fingerprint density at radius 1 is 1.21 bits per heavy atom. The lowest BCUT2D eigenvalue weighted by Gasteiger charge is -2.15. The molecule has 0 fully saturated rings. The Morgan fingerprint density at radius 3 is 2.51 bits per heavy atom. The summed E-state index contributed by atoms with van der Waals surface area (Å²) in [5.74, 6) is -1.56. The molecule has 206 valence electrons. The molecule has 39 heavy (non-hydrogen) atoms. The minimum absolute atomic E-state index is 0.112. The van der Waals surface area contributed by atoms with Crippen LogP contribution < -0.4 is 11.4 Å². The number of hydrogen-bond acceptors (Lipinski definition) is 8. The van der Waals surface area contributed by atoms with Crippen LogP contribution in [0.15, 0.2) is 47.4 Å². The minimum atomic E-state index is -5.00. The van der Waals surface area contributed by atoms with Gasteiger partial charge in [0.25, 0.3) is 0 Å². The third-order valence-corrected chi connectivity index (χ3v) is 5.57. The molecule has 0 spiro atoms. The van der Waals surface area contributed by atoms with E-state index < -0.39 is 49.1 Å². The fourth-order valence-electron chi connectivity index (χ4n) is 3.55. The number of rotatable bonds is 8. The van der Waals surface area contributed by atoms with Crippen LogP contribution in [0, 0.1) is 5.82 Å². The van der Waals surface area contributed by atoms with Gasteiger partial charge in [-0.05, 0) is 43.3 Å². The maximum absolute atomic E-state index is 14.5. The van der Waals surface area contributed by atoms with Crippen molar-refractivity contribution in [1.29, 1.82) is 0 Å². The third-order valence-electron chi connectivity index (χ3n) is 5.32. The number of nitrogens with two attached hydrogens (primary N) is 1. The van der Waals surface area contributed by atoms with Gasteiger partial charge < -0.3 is 15.6 Å². The molecule has 0 aliphatic rings. The van der Waals surface area contributed by atoms with Crippen molar-refractivity contribution in [2.24, 2.45) is 5.73 Å². The average molecular weight is 571 g/mol. The van der Waals surface area contributed by atoms with Gasteiger partial charge in [-0.15, -0.1) is 10.2 Å². The summed E-state index contributed by atoms with van der Waals surface area (Å²) in [5, 5.41) is 18.2. The molecule has 0 radical (unpaired) electrons. The monoisotopic (exact) mass is 570 g/mol. The highest BCUT2D eigenvalue weighted by molar-refractivity contribution is 6.30. The van der Waals surface area contributed by atoms with Crippen molar-refractivity contribution in [3.05, 3.63) is 75.6 Å². The van der Waals surface area contributed by atoms with Gasteiger partial charge in [-0.3, -0.25) is 4.57 Å². The van der Waals surface area contributed by atoms with Gasteiger partial charge in [-0.1, -0.05) is 11.6 Å². The van der Waals surface area contributed by atoms with Crippen molar-refractivity contribution < 1.29 is 32.2 Å². The Hall–Kier alpha value is -4.31. The molecule has 0 saturated heterocycles. The number of benzene rings is 1. The molecule has 1 amide bonds. The average Bonchev–Trinajstić information content (AvgIpc) is 3.41. The van der Waals surface area contributed by atoms with Gasteiger partial charge in [0, 0.05) is 16.8 Å². The number of aliphatic hydroxyl groups is 1. The minimum Gasteiger partial charge on any atom is -0.438 e. The zero-order chi connectivity index (χ0) is 28.5. The van der Waals surface area contributed by atoms with Gasteiger partial charge >= 0.3 is 18.0 Å². The molecule has 3 N–H and O–H groups in total. The predicted octanol–water partition coefficient (Wildman–Crippen LogP) is 2.61. The lowest BCUT2D eigenvalue weighted by Crippen LogP contribution is -2.37. The van der Waals surface area contributed by atoms with E-state index in [0.717, 1.165) is 15.4 Å². The summed E-state index contributed by atoms with van der Waals surface area (Å²) in [5.41, 5.74) is 4.30. The van der Waals surface area contributed by atoms with E-state index in [9.17, 15) is 32.3 Å². The van der Waals surface area contributed by atoms with Crippen molar-refractivity contribution in [2.75, 3.05) is 0 Å². The lowest BCUT2D eigenvalue weighted by molar-refractivity contribution is -0.207. The molecule has 3 heterocycles. The maximum atomic E-state index is 14.5. The van der Waals surface area contributed by atoms with Crippen molar-refractivity contribution >= 4 is 17.7 Å². The summed E-state index contributed by atoms with van der Waals surface area (Å²) in [6.07, 6.45) is -8.87. The molecule has 4 aromatic rings. The molecular weight excluding hydrogens is 552 g/mol. The quantitative estimate of drug-likeness (QED) is 0.306. The van der Waals surface area contributed by atoms with Crippen LogP contribution in [0.3, 0.4) is 0 Å². The molecule has 2 atom stereocenters. The van der Waals surface area contributed by atoms with Crippen molar-refractivity contribution in [3.8, 4) is 17.2 Å². The molecule has 0 aliphatic carbocycles. The number of carbonyl (C=O) groups excluding carboxylic acids is 1. The lowest BCUT2D eigenvalue weighted by atomic mass is 10.2. The molecule has 0 aliphatic heterocycles. The standard InChI is InChI=1S/C22H19ClF4N8O4/c1-11(39-20(28)37)17-30-16(31-35(17)19-14(24)3-2-8-29-19)10-34-21(38)33(9-15(36)22(25,26)27)18(32-34)12-4-6-13(23)7-5-12/h2-8,11,15,36H,9-10H2,1H3,(H2,28,37)/t11-,15-/m0/s1. The van der Waals surface area contributed by atoms with E-state index in [0.29, 0.717) is 9.59 Å². The van der Waals surface area contributed by atoms with E-state index in [-0.39, 0.29) is 28.9 Å². The van der Waals surface area contributed by atoms with Gasteiger partial charge in [0.2, 0.25) is 0 Å². The van der Waals surface area contributed by atoms with Crippen LogP contribution in [0.5, 0.6) is 0 Å². The van der Waals surface area contributed by atoms with Crippen molar-refractivity contribution in [1.82, 2.24) is 34.1 Å². The fraction of sp³-hybridized carbons (Fsp3) is 0.273. The highest BCUT2D eigenvalue weighted by Crippen LogP contribution is 2.25. The zero-order valence-electron chi connectivity index (χ0n) is 19.9. The number of primary amides is 1. The van der Waals surface area contributed by atoms with Gasteiger partial charge in [0.05, 0.1) is 6.54 Å². The summed E-state index contributed by atoms with van der Waals surface area (Å²) in [6, 6.07) is 8.19. The topological polar surface area (TPSA) is 156 Å². The van der Waals surface area contributed by atoms with Crippen molar-refractivity contribution in [2.45, 2.75) is 38.4 Å². The van der Waals surface area contributed by atoms with E-state index in [4.69, 9.17) is 22.1 Å². The van der Waals surface area contributed by atoms with Gasteiger partial charge in [-0.25, -0.2) is 28.6 Å². The first kappa shape index (κ1) is 27.7. The molecular formula is C22H19ClF4N8O4. The molecule has 3 aromatic heterocycles. The van der Waals surface area contributed by atoms with E-state index in [1.807, 2.05) is 0 Å². The van der Waals surface area contributed by atoms with Crippen LogP contribution in [0.2, 0.25) is 5.02 Å². The number of aromatic nitrogens is 7. The molecule has 1 aromatic carbocycles. The first-order chi connectivity index (χ1) is 18.3. The van der Waals surface area contributed by atoms with E-state index >= 15 is 0 Å². The second-order valence-electron chi connectivity index (χ2n) is 8.12. The van der Waals surface area contributed by atoms with E-state index in [1.165, 1.54) is 43.5 Å². The molecule has 0 saturated carbocycles. The Kier molecular flexibility index (Phi) is 7.69. The van der Waals surface area contributed by atoms with Crippen LogP contribution in [0.25, 0.3) is 17.2 Å². The van der Waals surface area contributed by atoms with Gasteiger partial charge in [-0.2, -0.15) is 17.9 Å². The zero-order valence-corrected chi connectivity index (χ0v) is 20.6. The third kappa shape index (κ3) is 6.06. The Morgan fingerprint density at radius 2 is 1.90 bits per heavy atom. The fourth-order valence-corrected chi connectivity index (χ4v) is 3.67. The second-order valence-corrected chi connectivity index (χ2v) is 8.56. The summed E-state index contributed by atoms with van der Waals surface area (Å²) in [4.78, 5) is 32.5. The first-order valence-electron chi connectivity index (χ1n) is 11.1. The summed E-state index contributed by atoms with van der Waals surface area (Å²) in [6.45, 7) is -0.254. The van der Waals surface area contributed by atoms with E-state index in [2.05, 4.69) is 20.2 Å². The van der Waals surface area contributed by atoms with Crippen LogP contribution in [-0.2, 0) is 17.8 Å². The number of nitrogens with zero attached hydrogens (tertiary/aromatic N) is 7. The van der Waals surface area contributed by atoms with Crippen LogP contribution in [0.4, 0.5) is 22.4 Å². The smallest absolute Gasteiger partial charge is 0.416 e. The van der Waals surface area contributed by atoms with Crippen LogP contribution in [-0.4, -0.2) is 57.6 Å². The highest BCUT2D eigenvalue weighted by Gasteiger charge is 2.39. The predicted molar refractivity (Wildman–Crippen MR) is 126 cm³/mol. The van der Waals surface area contributed by atoms with Gasteiger partial charge in [0.1, 0.15) is 6.54 Å². The number of ether oxygens (including phenoxy) is 1. The van der Waals surface area contributed by atoms with Crippen molar-refractivity contribution in [3.63, 3.8) is 0 Å². The number of hydrogen-bond donors (Lipinski definition) is 2. The Labute approximate surface area is 221 Å². The first-order valence-corrected chi connectivity index (χ1v) is 11.4. The Balaban J connectivity index is 1.79. The number of pyridine rings is 1. The summed E-state index contributed by atoms with van der Waals surface area (Å²) < 4.78 is 61.1. The normalized spacial score (nSPS) is 13.3. The largest absolute Gasteiger partial charge is 0.438 e. The number of halogens is 5. The van der Waals surface area contributed by atoms with Gasteiger partial charge in [0.15, 0.2) is 41.3 Å². The molecule has 0 unspecified atom stereocenters. The SMILES string of the molecule is C[C@H](OC(N)=O)c1nc(Cn2nc(-c3ccc(Cl)cc3)n(C[C@H](O)C(F)(F)F)c2=O)nn1-c1ncccc1F. The van der Waals surface area contributed by atoms with E-state index in [1.54, 1.807) is 0 Å². The molecule has 17 heteroatoms. The summed E-state index contributed by atoms with van der Waals surface area (Å²) >= 11 is 5.89. The molecule has 4 rings (SSSR count). The number of aliphatic hydroxyl groups excluding tert-OH is 1. The molecule has 0 bridgehead atoms. The second kappa shape index (κ2) is 10.8. The number of amides is 1. The van der Waals surface area contributed by atoms with Crippen LogP contribution in [0.1, 0.15) is 24.7 Å². The highest BCUT2D eigenvalue weighted by atomic mass is 35.5. The van der Waals surface area contributed by atoms with Crippen LogP contribution >= 0.6 is 11.6 Å². The number of alkyl halides is 3. The summed E-state index contributed by atoms with van der Waals surface area (Å²) in [7, 11) is 0. The molecule has 12 nitrogen and oxygen atoms in total. The number of carbonyl (C=O) groups is 1. The maximum Gasteiger partial charge on any atom is 0.416 e.